The first kappa shape index (κ1) is 28.8. The van der Waals surface area contributed by atoms with E-state index in [1.807, 2.05) is 0 Å². The van der Waals surface area contributed by atoms with Gasteiger partial charge in [-0.05, 0) is 152 Å². The topological polar surface area (TPSA) is 26.3 Å². The van der Waals surface area contributed by atoms with Gasteiger partial charge in [0.05, 0.1) is 0 Å². The molecular weight excluding hydrogens is 633 g/mol. The fraction of sp³-hybridized carbons (Fsp3) is 0.160. The molecule has 4 aliphatic rings. The van der Waals surface area contributed by atoms with Gasteiger partial charge < -0.3 is 8.83 Å². The molecular formula is C50H36O2. The molecule has 0 saturated heterocycles. The summed E-state index contributed by atoms with van der Waals surface area (Å²) >= 11 is 0. The minimum Gasteiger partial charge on any atom is -0.460 e. The van der Waals surface area contributed by atoms with Crippen LogP contribution in [0, 0.1) is 0 Å². The zero-order chi connectivity index (χ0) is 33.9. The summed E-state index contributed by atoms with van der Waals surface area (Å²) in [6.07, 6.45) is 22.9. The van der Waals surface area contributed by atoms with Crippen molar-refractivity contribution in [1.29, 1.82) is 0 Å². The van der Waals surface area contributed by atoms with Crippen molar-refractivity contribution in [2.45, 2.75) is 51.4 Å². The molecule has 4 aliphatic carbocycles. The zero-order valence-corrected chi connectivity index (χ0v) is 29.0. The molecule has 2 aromatic heterocycles. The van der Waals surface area contributed by atoms with Crippen LogP contribution in [0.2, 0.25) is 0 Å². The molecule has 0 aliphatic heterocycles. The van der Waals surface area contributed by atoms with Crippen molar-refractivity contribution in [3.05, 3.63) is 153 Å². The number of hydrogen-bond donors (Lipinski definition) is 0. The highest BCUT2D eigenvalue weighted by atomic mass is 16.3. The summed E-state index contributed by atoms with van der Waals surface area (Å²) in [4.78, 5) is 0. The van der Waals surface area contributed by atoms with E-state index in [1.165, 1.54) is 87.8 Å². The Morgan fingerprint density at radius 1 is 0.404 bits per heavy atom. The first-order valence-electron chi connectivity index (χ1n) is 19.0. The van der Waals surface area contributed by atoms with Gasteiger partial charge in [-0.2, -0.15) is 0 Å². The fourth-order valence-electron chi connectivity index (χ4n) is 10.0. The Morgan fingerprint density at radius 3 is 1.85 bits per heavy atom. The summed E-state index contributed by atoms with van der Waals surface area (Å²) in [5.74, 6) is 1.13. The highest BCUT2D eigenvalue weighted by molar-refractivity contribution is 6.21. The highest BCUT2D eigenvalue weighted by Gasteiger charge is 2.28. The van der Waals surface area contributed by atoms with E-state index in [0.29, 0.717) is 0 Å². The Labute approximate surface area is 302 Å². The number of para-hydroxylation sites is 1. The lowest BCUT2D eigenvalue weighted by molar-refractivity contribution is 0.546. The molecule has 2 heterocycles. The van der Waals surface area contributed by atoms with E-state index in [9.17, 15) is 0 Å². The third-order valence-electron chi connectivity index (χ3n) is 12.4. The van der Waals surface area contributed by atoms with Crippen molar-refractivity contribution in [3.8, 4) is 0 Å². The molecule has 0 spiro atoms. The van der Waals surface area contributed by atoms with Gasteiger partial charge in [-0.1, -0.05) is 91.1 Å². The maximum Gasteiger partial charge on any atom is 0.135 e. The quantitative estimate of drug-likeness (QED) is 0.171. The molecule has 0 radical (unpaired) electrons. The third-order valence-corrected chi connectivity index (χ3v) is 12.4. The third kappa shape index (κ3) is 4.07. The molecule has 2 heteroatoms. The van der Waals surface area contributed by atoms with Gasteiger partial charge in [0.15, 0.2) is 0 Å². The van der Waals surface area contributed by atoms with Gasteiger partial charge in [0, 0.05) is 28.1 Å². The number of furan rings is 2. The summed E-state index contributed by atoms with van der Waals surface area (Å²) in [6, 6.07) is 31.3. The number of benzene rings is 6. The molecule has 0 bridgehead atoms. The van der Waals surface area contributed by atoms with Crippen molar-refractivity contribution in [2.24, 2.45) is 0 Å². The van der Waals surface area contributed by atoms with Crippen molar-refractivity contribution in [2.75, 3.05) is 0 Å². The number of hydrogen-bond acceptors (Lipinski definition) is 2. The lowest BCUT2D eigenvalue weighted by Gasteiger charge is -2.30. The number of rotatable bonds is 2. The van der Waals surface area contributed by atoms with Crippen molar-refractivity contribution < 1.29 is 8.83 Å². The Balaban J connectivity index is 1.11. The maximum absolute atomic E-state index is 6.30. The van der Waals surface area contributed by atoms with E-state index in [0.717, 1.165) is 73.9 Å². The molecule has 6 aromatic carbocycles. The molecule has 0 N–H and O–H groups in total. The Hall–Kier alpha value is -5.86. The van der Waals surface area contributed by atoms with Gasteiger partial charge >= 0.3 is 0 Å². The molecule has 52 heavy (non-hydrogen) atoms. The lowest BCUT2D eigenvalue weighted by Crippen LogP contribution is -2.11. The second kappa shape index (κ2) is 10.8. The first-order valence-corrected chi connectivity index (χ1v) is 19.0. The average molecular weight is 669 g/mol. The summed E-state index contributed by atoms with van der Waals surface area (Å²) in [6.45, 7) is 0. The van der Waals surface area contributed by atoms with Crippen LogP contribution in [0.15, 0.2) is 106 Å². The minimum atomic E-state index is 0.951. The Morgan fingerprint density at radius 2 is 1.02 bits per heavy atom. The second-order valence-corrected chi connectivity index (χ2v) is 15.2. The van der Waals surface area contributed by atoms with Crippen LogP contribution in [0.1, 0.15) is 81.5 Å². The predicted molar refractivity (Wildman–Crippen MR) is 218 cm³/mol. The van der Waals surface area contributed by atoms with Crippen LogP contribution >= 0.6 is 0 Å². The highest BCUT2D eigenvalue weighted by Crippen LogP contribution is 2.49. The van der Waals surface area contributed by atoms with Gasteiger partial charge in [-0.3, -0.25) is 0 Å². The summed E-state index contributed by atoms with van der Waals surface area (Å²) < 4.78 is 12.5. The van der Waals surface area contributed by atoms with Crippen LogP contribution in [-0.2, 0) is 25.7 Å². The van der Waals surface area contributed by atoms with Gasteiger partial charge in [0.1, 0.15) is 22.5 Å². The van der Waals surface area contributed by atoms with E-state index < -0.39 is 0 Å². The maximum atomic E-state index is 6.30. The Bertz CT molecular complexity index is 3000. The van der Waals surface area contributed by atoms with E-state index >= 15 is 0 Å². The monoisotopic (exact) mass is 668 g/mol. The van der Waals surface area contributed by atoms with Gasteiger partial charge in [-0.15, -0.1) is 0 Å². The SMILES string of the molecule is C1=Cc2c(oc3ccc(C4=Cc5c(c6c(c7c8c(c9ccccc9c57)CCC(c5ccc7oc9ccccc9c7c5)=C8)C=CCC6)CC4)cc23)CC1. The van der Waals surface area contributed by atoms with Crippen LogP contribution in [0.5, 0.6) is 0 Å². The fourth-order valence-corrected chi connectivity index (χ4v) is 10.0. The van der Waals surface area contributed by atoms with Crippen molar-refractivity contribution in [3.63, 3.8) is 0 Å². The molecule has 0 fully saturated rings. The number of allylic oxidation sites excluding steroid dienone is 4. The van der Waals surface area contributed by atoms with E-state index in [1.54, 1.807) is 11.1 Å². The average Bonchev–Trinajstić information content (AvgIpc) is 3.78. The van der Waals surface area contributed by atoms with Gasteiger partial charge in [0.25, 0.3) is 0 Å². The minimum absolute atomic E-state index is 0.951. The van der Waals surface area contributed by atoms with Gasteiger partial charge in [-0.25, -0.2) is 0 Å². The molecule has 248 valence electrons. The number of fused-ring (bicyclic) bond motifs is 17. The van der Waals surface area contributed by atoms with E-state index in [2.05, 4.69) is 121 Å². The van der Waals surface area contributed by atoms with E-state index in [-0.39, 0.29) is 0 Å². The molecule has 2 nitrogen and oxygen atoms in total. The summed E-state index contributed by atoms with van der Waals surface area (Å²) in [5.41, 5.74) is 18.5. The standard InChI is InChI=1S/C50H36O2/c1-3-13-39-33(9-1)35-21-17-29(31-19-23-47-41(25-31)37-11-5-7-15-45(37)51-47)27-43(35)50-40-14-4-2-10-34(40)36-22-18-30(28-44(36)49(39)50)32-20-24-48-42(26-32)38-12-6-8-16-46(38)52-48/h1,3-7,9,11-15,19-20,23-28H,2,8,10,16-18,21-22H2. The van der Waals surface area contributed by atoms with E-state index in [4.69, 9.17) is 8.83 Å². The molecule has 0 saturated carbocycles. The largest absolute Gasteiger partial charge is 0.460 e. The Kier molecular flexibility index (Phi) is 5.99. The van der Waals surface area contributed by atoms with Crippen molar-refractivity contribution >= 4 is 89.9 Å². The van der Waals surface area contributed by atoms with Gasteiger partial charge in [0.2, 0.25) is 0 Å². The predicted octanol–water partition coefficient (Wildman–Crippen LogP) is 13.5. The first-order chi connectivity index (χ1) is 25.8. The lowest BCUT2D eigenvalue weighted by atomic mass is 9.74. The number of aryl methyl sites for hydroxylation is 2. The zero-order valence-electron chi connectivity index (χ0n) is 29.0. The molecule has 12 rings (SSSR count). The van der Waals surface area contributed by atoms with Crippen LogP contribution in [0.25, 0.3) is 89.9 Å². The van der Waals surface area contributed by atoms with Crippen LogP contribution < -0.4 is 0 Å². The normalized spacial score (nSPS) is 16.3. The second-order valence-electron chi connectivity index (χ2n) is 15.2. The van der Waals surface area contributed by atoms with Crippen LogP contribution in [0.3, 0.4) is 0 Å². The summed E-state index contributed by atoms with van der Waals surface area (Å²) in [7, 11) is 0. The smallest absolute Gasteiger partial charge is 0.135 e. The van der Waals surface area contributed by atoms with Crippen LogP contribution in [-0.4, -0.2) is 0 Å². The molecule has 0 atom stereocenters. The van der Waals surface area contributed by atoms with Crippen molar-refractivity contribution in [1.82, 2.24) is 0 Å². The summed E-state index contributed by atoms with van der Waals surface area (Å²) in [5, 5.41) is 9.27. The molecule has 8 aromatic rings. The molecule has 0 amide bonds. The van der Waals surface area contributed by atoms with Crippen LogP contribution in [0.4, 0.5) is 0 Å². The molecule has 0 unspecified atom stereocenters.